The van der Waals surface area contributed by atoms with Gasteiger partial charge in [0.2, 0.25) is 10.0 Å². The van der Waals surface area contributed by atoms with Gasteiger partial charge in [-0.05, 0) is 38.0 Å². The predicted octanol–water partition coefficient (Wildman–Crippen LogP) is 1.92. The maximum atomic E-state index is 12.3. The molecule has 0 aromatic heterocycles. The zero-order valence-electron chi connectivity index (χ0n) is 16.2. The van der Waals surface area contributed by atoms with Gasteiger partial charge in [-0.25, -0.2) is 13.2 Å². The van der Waals surface area contributed by atoms with Gasteiger partial charge in [-0.15, -0.1) is 0 Å². The maximum Gasteiger partial charge on any atom is 0.315 e. The average Bonchev–Trinajstić information content (AvgIpc) is 2.62. The van der Waals surface area contributed by atoms with Crippen molar-refractivity contribution >= 4 is 21.6 Å². The number of hydrogen-bond donors (Lipinski definition) is 2. The lowest BCUT2D eigenvalue weighted by Gasteiger charge is -2.28. The van der Waals surface area contributed by atoms with Crippen molar-refractivity contribution in [3.8, 4) is 0 Å². The third kappa shape index (κ3) is 6.05. The van der Waals surface area contributed by atoms with Crippen molar-refractivity contribution in [3.63, 3.8) is 0 Å². The second-order valence-corrected chi connectivity index (χ2v) is 9.28. The lowest BCUT2D eigenvalue weighted by molar-refractivity contribution is 0.0730. The maximum absolute atomic E-state index is 12.3. The van der Waals surface area contributed by atoms with Crippen LogP contribution in [0.3, 0.4) is 0 Å². The minimum absolute atomic E-state index is 0.0490. The molecule has 1 saturated heterocycles. The summed E-state index contributed by atoms with van der Waals surface area (Å²) < 4.78 is 31.1. The second-order valence-electron chi connectivity index (χ2n) is 7.19. The molecule has 1 aromatic rings. The molecule has 0 aliphatic carbocycles. The summed E-state index contributed by atoms with van der Waals surface area (Å²) in [5.74, 6) is -0.133. The fraction of sp³-hybridized carbons (Fsp3) is 0.526. The summed E-state index contributed by atoms with van der Waals surface area (Å²) in [6.07, 6.45) is 0. The molecule has 7 nitrogen and oxygen atoms in total. The summed E-state index contributed by atoms with van der Waals surface area (Å²) in [6.45, 7) is 11.3. The molecule has 1 aromatic carbocycles. The molecule has 1 fully saturated rings. The lowest BCUT2D eigenvalue weighted by Crippen LogP contribution is -2.48. The zero-order chi connectivity index (χ0) is 20.1. The van der Waals surface area contributed by atoms with E-state index in [0.29, 0.717) is 26.3 Å². The van der Waals surface area contributed by atoms with Crippen LogP contribution in [0.2, 0.25) is 0 Å². The summed E-state index contributed by atoms with van der Waals surface area (Å²) in [5, 5.41) is 5.53. The van der Waals surface area contributed by atoms with Gasteiger partial charge in [-0.3, -0.25) is 0 Å². The number of amides is 2. The highest BCUT2D eigenvalue weighted by Crippen LogP contribution is 2.23. The van der Waals surface area contributed by atoms with E-state index in [0.717, 1.165) is 16.7 Å². The summed E-state index contributed by atoms with van der Waals surface area (Å²) in [7, 11) is -3.39. The van der Waals surface area contributed by atoms with E-state index < -0.39 is 21.6 Å². The Hall–Kier alpha value is -1.90. The standard InChI is InChI=1S/C19H29N3O4S/c1-15(2)16-6-5-7-17(14-16)19(3,4)21-18(23)20-8-13-27(24,25)22-9-11-26-12-10-22/h5-7,14H,1,8-13H2,2-4H3,(H2,20,21,23). The predicted molar refractivity (Wildman–Crippen MR) is 107 cm³/mol. The largest absolute Gasteiger partial charge is 0.379 e. The number of nitrogens with zero attached hydrogens (tertiary/aromatic N) is 1. The Labute approximate surface area is 161 Å². The van der Waals surface area contributed by atoms with Crippen LogP contribution in [-0.2, 0) is 20.3 Å². The molecular formula is C19H29N3O4S. The molecule has 0 atom stereocenters. The van der Waals surface area contributed by atoms with Crippen molar-refractivity contribution in [1.82, 2.24) is 14.9 Å². The summed E-state index contributed by atoms with van der Waals surface area (Å²) in [4.78, 5) is 12.2. The van der Waals surface area contributed by atoms with Crippen LogP contribution in [0.4, 0.5) is 4.79 Å². The van der Waals surface area contributed by atoms with Crippen molar-refractivity contribution in [2.75, 3.05) is 38.6 Å². The van der Waals surface area contributed by atoms with Gasteiger partial charge < -0.3 is 15.4 Å². The highest BCUT2D eigenvalue weighted by molar-refractivity contribution is 7.89. The Kier molecular flexibility index (Phi) is 7.02. The molecule has 0 spiro atoms. The van der Waals surface area contributed by atoms with Crippen molar-refractivity contribution in [3.05, 3.63) is 42.0 Å². The molecule has 2 amide bonds. The molecule has 8 heteroatoms. The van der Waals surface area contributed by atoms with Crippen LogP contribution in [0.1, 0.15) is 31.9 Å². The SMILES string of the molecule is C=C(C)c1cccc(C(C)(C)NC(=O)NCCS(=O)(=O)N2CCOCC2)c1. The van der Waals surface area contributed by atoms with Crippen LogP contribution in [0.5, 0.6) is 0 Å². The fourth-order valence-corrected chi connectivity index (χ4v) is 4.14. The van der Waals surface area contributed by atoms with Gasteiger partial charge in [0.1, 0.15) is 0 Å². The monoisotopic (exact) mass is 395 g/mol. The van der Waals surface area contributed by atoms with E-state index in [4.69, 9.17) is 4.74 Å². The average molecular weight is 396 g/mol. The molecule has 0 unspecified atom stereocenters. The van der Waals surface area contributed by atoms with E-state index in [1.807, 2.05) is 45.0 Å². The number of urea groups is 1. The normalized spacial score (nSPS) is 16.0. The first-order chi connectivity index (χ1) is 12.6. The number of nitrogens with one attached hydrogen (secondary N) is 2. The molecule has 0 saturated carbocycles. The smallest absolute Gasteiger partial charge is 0.315 e. The van der Waals surface area contributed by atoms with Gasteiger partial charge in [0.15, 0.2) is 0 Å². The van der Waals surface area contributed by atoms with E-state index in [1.165, 1.54) is 4.31 Å². The van der Waals surface area contributed by atoms with Crippen LogP contribution in [-0.4, -0.2) is 57.4 Å². The number of allylic oxidation sites excluding steroid dienone is 1. The first-order valence-electron chi connectivity index (χ1n) is 9.00. The Bertz CT molecular complexity index is 784. The number of hydrogen-bond acceptors (Lipinski definition) is 4. The summed E-state index contributed by atoms with van der Waals surface area (Å²) in [6, 6.07) is 7.42. The number of rotatable bonds is 7. The molecule has 2 N–H and O–H groups in total. The van der Waals surface area contributed by atoms with Crippen LogP contribution in [0.15, 0.2) is 30.8 Å². The van der Waals surface area contributed by atoms with Gasteiger partial charge in [0, 0.05) is 19.6 Å². The van der Waals surface area contributed by atoms with Crippen LogP contribution in [0, 0.1) is 0 Å². The number of carbonyl (C=O) groups is 1. The highest BCUT2D eigenvalue weighted by atomic mass is 32.2. The number of carbonyl (C=O) groups excluding carboxylic acids is 1. The van der Waals surface area contributed by atoms with E-state index in [1.54, 1.807) is 0 Å². The highest BCUT2D eigenvalue weighted by Gasteiger charge is 2.25. The van der Waals surface area contributed by atoms with Crippen LogP contribution >= 0.6 is 0 Å². The molecule has 27 heavy (non-hydrogen) atoms. The molecular weight excluding hydrogens is 366 g/mol. The zero-order valence-corrected chi connectivity index (χ0v) is 17.1. The molecule has 150 valence electrons. The summed E-state index contributed by atoms with van der Waals surface area (Å²) in [5.41, 5.74) is 2.29. The van der Waals surface area contributed by atoms with Crippen molar-refractivity contribution in [2.24, 2.45) is 0 Å². The van der Waals surface area contributed by atoms with E-state index in [2.05, 4.69) is 17.2 Å². The van der Waals surface area contributed by atoms with Gasteiger partial charge in [-0.1, -0.05) is 30.4 Å². The number of benzene rings is 1. The molecule has 1 aliphatic heterocycles. The number of ether oxygens (including phenoxy) is 1. The van der Waals surface area contributed by atoms with Gasteiger partial charge >= 0.3 is 6.03 Å². The Morgan fingerprint density at radius 2 is 1.96 bits per heavy atom. The van der Waals surface area contributed by atoms with E-state index in [-0.39, 0.29) is 12.3 Å². The molecule has 2 rings (SSSR count). The minimum Gasteiger partial charge on any atom is -0.379 e. The Morgan fingerprint density at radius 3 is 2.59 bits per heavy atom. The number of morpholine rings is 1. The quantitative estimate of drug-likeness (QED) is 0.738. The minimum atomic E-state index is -3.39. The van der Waals surface area contributed by atoms with E-state index in [9.17, 15) is 13.2 Å². The first-order valence-corrected chi connectivity index (χ1v) is 10.6. The topological polar surface area (TPSA) is 87.7 Å². The Balaban J connectivity index is 1.89. The molecule has 0 bridgehead atoms. The van der Waals surface area contributed by atoms with Crippen molar-refractivity contribution in [1.29, 1.82) is 0 Å². The third-order valence-corrected chi connectivity index (χ3v) is 6.38. The van der Waals surface area contributed by atoms with Gasteiger partial charge in [0.05, 0.1) is 24.5 Å². The molecule has 0 radical (unpaired) electrons. The van der Waals surface area contributed by atoms with Crippen molar-refractivity contribution < 1.29 is 17.9 Å². The third-order valence-electron chi connectivity index (χ3n) is 4.51. The fourth-order valence-electron chi connectivity index (χ4n) is 2.82. The lowest BCUT2D eigenvalue weighted by atomic mass is 9.92. The van der Waals surface area contributed by atoms with Crippen molar-refractivity contribution in [2.45, 2.75) is 26.3 Å². The van der Waals surface area contributed by atoms with E-state index >= 15 is 0 Å². The van der Waals surface area contributed by atoms with Gasteiger partial charge in [0.25, 0.3) is 0 Å². The first kappa shape index (κ1) is 21.4. The Morgan fingerprint density at radius 1 is 1.30 bits per heavy atom. The molecule has 1 heterocycles. The van der Waals surface area contributed by atoms with Gasteiger partial charge in [-0.2, -0.15) is 4.31 Å². The number of sulfonamides is 1. The summed E-state index contributed by atoms with van der Waals surface area (Å²) >= 11 is 0. The van der Waals surface area contributed by atoms with Crippen LogP contribution in [0.25, 0.3) is 5.57 Å². The van der Waals surface area contributed by atoms with Crippen LogP contribution < -0.4 is 10.6 Å². The molecule has 1 aliphatic rings. The second kappa shape index (κ2) is 8.86.